The van der Waals surface area contributed by atoms with E-state index in [1.54, 1.807) is 18.2 Å². The number of ether oxygens (including phenoxy) is 1. The molecule has 38 heavy (non-hydrogen) atoms. The summed E-state index contributed by atoms with van der Waals surface area (Å²) in [6.45, 7) is 2.77. The predicted molar refractivity (Wildman–Crippen MR) is 147 cm³/mol. The van der Waals surface area contributed by atoms with E-state index in [1.165, 1.54) is 61.7 Å². The van der Waals surface area contributed by atoms with Crippen molar-refractivity contribution in [2.75, 3.05) is 24.4 Å². The molecule has 3 aromatic carbocycles. The lowest BCUT2D eigenvalue weighted by atomic mass is 9.92. The van der Waals surface area contributed by atoms with Crippen molar-refractivity contribution < 1.29 is 22.3 Å². The third kappa shape index (κ3) is 7.69. The van der Waals surface area contributed by atoms with Crippen LogP contribution in [0.15, 0.2) is 71.6 Å². The van der Waals surface area contributed by atoms with Gasteiger partial charge in [-0.1, -0.05) is 36.6 Å². The zero-order valence-corrected chi connectivity index (χ0v) is 22.5. The lowest BCUT2D eigenvalue weighted by Gasteiger charge is -2.22. The van der Waals surface area contributed by atoms with Crippen molar-refractivity contribution in [1.82, 2.24) is 10.6 Å². The van der Waals surface area contributed by atoms with Crippen molar-refractivity contribution in [2.24, 2.45) is 5.92 Å². The summed E-state index contributed by atoms with van der Waals surface area (Å²) in [5.41, 5.74) is 0.566. The molecule has 1 aliphatic heterocycles. The molecule has 7 nitrogen and oxygen atoms in total. The first-order valence-corrected chi connectivity index (χ1v) is 14.5. The van der Waals surface area contributed by atoms with E-state index in [-0.39, 0.29) is 33.0 Å². The first-order valence-electron chi connectivity index (χ1n) is 12.7. The highest BCUT2D eigenvalue weighted by Crippen LogP contribution is 2.35. The normalized spacial score (nSPS) is 14.2. The van der Waals surface area contributed by atoms with E-state index in [4.69, 9.17) is 16.3 Å². The molecule has 0 spiro atoms. The number of halogens is 2. The van der Waals surface area contributed by atoms with Gasteiger partial charge in [0.2, 0.25) is 0 Å². The maximum absolute atomic E-state index is 13.4. The molecule has 3 aromatic rings. The van der Waals surface area contributed by atoms with Crippen LogP contribution in [0.25, 0.3) is 0 Å². The number of para-hydroxylation sites is 2. The number of sulfonamides is 1. The number of rotatable bonds is 11. The SMILES string of the molecule is O=C(NCCCCC1CCNCC1)c1ccc(S(=O)(=O)Nc2ccccc2Oc2ccc(F)cc2Cl)cc1. The molecule has 0 aliphatic carbocycles. The van der Waals surface area contributed by atoms with Crippen LogP contribution in [0.5, 0.6) is 11.5 Å². The first kappa shape index (κ1) is 27.9. The number of carbonyl (C=O) groups excluding carboxylic acids is 1. The Morgan fingerprint density at radius 1 is 1.00 bits per heavy atom. The fraction of sp³-hybridized carbons (Fsp3) is 0.321. The van der Waals surface area contributed by atoms with Crippen molar-refractivity contribution in [3.05, 3.63) is 83.1 Å². The quantitative estimate of drug-likeness (QED) is 0.251. The topological polar surface area (TPSA) is 96.5 Å². The Bertz CT molecular complexity index is 1350. The fourth-order valence-electron chi connectivity index (χ4n) is 4.34. The lowest BCUT2D eigenvalue weighted by molar-refractivity contribution is 0.0952. The Morgan fingerprint density at radius 2 is 1.74 bits per heavy atom. The van der Waals surface area contributed by atoms with Crippen LogP contribution in [-0.2, 0) is 10.0 Å². The minimum atomic E-state index is -3.98. The van der Waals surface area contributed by atoms with Gasteiger partial charge in [-0.25, -0.2) is 12.8 Å². The maximum atomic E-state index is 13.4. The van der Waals surface area contributed by atoms with Crippen LogP contribution < -0.4 is 20.1 Å². The molecular weight excluding hydrogens is 529 g/mol. The zero-order valence-electron chi connectivity index (χ0n) is 20.9. The molecule has 202 valence electrons. The molecule has 0 radical (unpaired) electrons. The molecule has 0 saturated carbocycles. The summed E-state index contributed by atoms with van der Waals surface area (Å²) in [7, 11) is -3.98. The van der Waals surface area contributed by atoms with Gasteiger partial charge >= 0.3 is 0 Å². The Kier molecular flexibility index (Phi) is 9.60. The molecular formula is C28H31ClFN3O4S. The van der Waals surface area contributed by atoms with E-state index in [1.807, 2.05) is 0 Å². The second kappa shape index (κ2) is 13.1. The van der Waals surface area contributed by atoms with Gasteiger partial charge in [0.15, 0.2) is 5.75 Å². The van der Waals surface area contributed by atoms with Crippen LogP contribution in [0, 0.1) is 11.7 Å². The van der Waals surface area contributed by atoms with Gasteiger partial charge in [0.1, 0.15) is 11.6 Å². The Hall–Kier alpha value is -3.14. The lowest BCUT2D eigenvalue weighted by Crippen LogP contribution is -2.28. The third-order valence-corrected chi connectivity index (χ3v) is 8.13. The van der Waals surface area contributed by atoms with E-state index in [9.17, 15) is 17.6 Å². The number of piperidine rings is 1. The van der Waals surface area contributed by atoms with Crippen molar-refractivity contribution >= 4 is 33.2 Å². The van der Waals surface area contributed by atoms with Crippen LogP contribution in [0.2, 0.25) is 5.02 Å². The van der Waals surface area contributed by atoms with E-state index in [2.05, 4.69) is 15.4 Å². The number of carbonyl (C=O) groups is 1. The summed E-state index contributed by atoms with van der Waals surface area (Å²) in [5, 5.41) is 6.33. The molecule has 0 unspecified atom stereocenters. The highest BCUT2D eigenvalue weighted by molar-refractivity contribution is 7.92. The van der Waals surface area contributed by atoms with Crippen LogP contribution in [-0.4, -0.2) is 34.0 Å². The first-order chi connectivity index (χ1) is 18.3. The van der Waals surface area contributed by atoms with Crippen LogP contribution in [0.4, 0.5) is 10.1 Å². The number of hydrogen-bond acceptors (Lipinski definition) is 5. The average Bonchev–Trinajstić information content (AvgIpc) is 2.91. The average molecular weight is 560 g/mol. The van der Waals surface area contributed by atoms with Crippen molar-refractivity contribution in [3.8, 4) is 11.5 Å². The molecule has 0 bridgehead atoms. The standard InChI is InChI=1S/C28H31ClFN3O4S/c29-24-19-22(30)10-13-26(24)37-27-7-2-1-6-25(27)33-38(35,36)23-11-8-21(9-12-23)28(34)32-16-4-3-5-20-14-17-31-18-15-20/h1-2,6-13,19-20,31,33H,3-5,14-18H2,(H,32,34). The summed E-state index contributed by atoms with van der Waals surface area (Å²) in [6, 6.07) is 15.8. The summed E-state index contributed by atoms with van der Waals surface area (Å²) >= 11 is 6.04. The molecule has 1 aliphatic rings. The monoisotopic (exact) mass is 559 g/mol. The summed E-state index contributed by atoms with van der Waals surface area (Å²) in [5.74, 6) is 0.399. The molecule has 1 amide bonds. The predicted octanol–water partition coefficient (Wildman–Crippen LogP) is 5.97. The molecule has 0 atom stereocenters. The Balaban J connectivity index is 1.33. The zero-order chi connectivity index (χ0) is 27.0. The van der Waals surface area contributed by atoms with Crippen molar-refractivity contribution in [2.45, 2.75) is 37.0 Å². The second-order valence-electron chi connectivity index (χ2n) is 9.25. The number of amides is 1. The van der Waals surface area contributed by atoms with Crippen molar-refractivity contribution in [1.29, 1.82) is 0 Å². The van der Waals surface area contributed by atoms with E-state index in [0.29, 0.717) is 12.1 Å². The Morgan fingerprint density at radius 3 is 2.47 bits per heavy atom. The van der Waals surface area contributed by atoms with E-state index < -0.39 is 15.8 Å². The number of benzene rings is 3. The molecule has 1 fully saturated rings. The number of nitrogens with one attached hydrogen (secondary N) is 3. The minimum absolute atomic E-state index is 0.00867. The molecule has 1 saturated heterocycles. The highest BCUT2D eigenvalue weighted by atomic mass is 35.5. The molecule has 4 rings (SSSR count). The van der Waals surface area contributed by atoms with Gasteiger partial charge in [-0.05, 0) is 92.9 Å². The van der Waals surface area contributed by atoms with Crippen LogP contribution >= 0.6 is 11.6 Å². The van der Waals surface area contributed by atoms with Gasteiger partial charge in [-0.3, -0.25) is 9.52 Å². The highest BCUT2D eigenvalue weighted by Gasteiger charge is 2.18. The van der Waals surface area contributed by atoms with Gasteiger partial charge in [0.25, 0.3) is 15.9 Å². The molecule has 3 N–H and O–H groups in total. The van der Waals surface area contributed by atoms with E-state index in [0.717, 1.165) is 37.9 Å². The van der Waals surface area contributed by atoms with E-state index >= 15 is 0 Å². The number of hydrogen-bond donors (Lipinski definition) is 3. The Labute approximate surface area is 227 Å². The van der Waals surface area contributed by atoms with Crippen molar-refractivity contribution in [3.63, 3.8) is 0 Å². The van der Waals surface area contributed by atoms with Gasteiger partial charge in [-0.15, -0.1) is 0 Å². The molecule has 1 heterocycles. The number of unbranched alkanes of at least 4 members (excludes halogenated alkanes) is 1. The smallest absolute Gasteiger partial charge is 0.262 e. The third-order valence-electron chi connectivity index (χ3n) is 6.46. The summed E-state index contributed by atoms with van der Waals surface area (Å²) in [6.07, 6.45) is 5.61. The van der Waals surface area contributed by atoms with Crippen LogP contribution in [0.3, 0.4) is 0 Å². The van der Waals surface area contributed by atoms with Gasteiger partial charge < -0.3 is 15.4 Å². The summed E-state index contributed by atoms with van der Waals surface area (Å²) < 4.78 is 47.6. The second-order valence-corrected chi connectivity index (χ2v) is 11.3. The number of anilines is 1. The van der Waals surface area contributed by atoms with Gasteiger partial charge in [0.05, 0.1) is 15.6 Å². The maximum Gasteiger partial charge on any atom is 0.262 e. The molecule has 0 aromatic heterocycles. The largest absolute Gasteiger partial charge is 0.454 e. The fourth-order valence-corrected chi connectivity index (χ4v) is 5.61. The molecule has 10 heteroatoms. The van der Waals surface area contributed by atoms with Gasteiger partial charge in [0, 0.05) is 12.1 Å². The minimum Gasteiger partial charge on any atom is -0.454 e. The van der Waals surface area contributed by atoms with Gasteiger partial charge in [-0.2, -0.15) is 0 Å². The summed E-state index contributed by atoms with van der Waals surface area (Å²) in [4.78, 5) is 12.5. The van der Waals surface area contributed by atoms with Crippen LogP contribution in [0.1, 0.15) is 42.5 Å².